The van der Waals surface area contributed by atoms with Crippen LogP contribution >= 0.6 is 0 Å². The van der Waals surface area contributed by atoms with Crippen molar-refractivity contribution in [2.75, 3.05) is 26.8 Å². The van der Waals surface area contributed by atoms with Gasteiger partial charge in [-0.1, -0.05) is 38.5 Å². The highest BCUT2D eigenvalue weighted by molar-refractivity contribution is 5.19. The molecule has 1 atom stereocenters. The summed E-state index contributed by atoms with van der Waals surface area (Å²) in [4.78, 5) is 0. The molecule has 1 aromatic rings. The number of hydrogen-bond acceptors (Lipinski definition) is 2. The Morgan fingerprint density at radius 1 is 1.32 bits per heavy atom. The molecule has 19 heavy (non-hydrogen) atoms. The average Bonchev–Trinajstić information content (AvgIpc) is 2.38. The van der Waals surface area contributed by atoms with Gasteiger partial charge in [-0.05, 0) is 29.9 Å². The first-order valence-electron chi connectivity index (χ1n) is 7.04. The van der Waals surface area contributed by atoms with E-state index in [0.717, 1.165) is 37.9 Å². The summed E-state index contributed by atoms with van der Waals surface area (Å²) in [6, 6.07) is 7.08. The van der Waals surface area contributed by atoms with Crippen molar-refractivity contribution < 1.29 is 9.13 Å². The van der Waals surface area contributed by atoms with Gasteiger partial charge >= 0.3 is 0 Å². The van der Waals surface area contributed by atoms with Gasteiger partial charge in [-0.2, -0.15) is 0 Å². The van der Waals surface area contributed by atoms with Gasteiger partial charge in [-0.3, -0.25) is 0 Å². The fourth-order valence-corrected chi connectivity index (χ4v) is 2.51. The van der Waals surface area contributed by atoms with Crippen molar-refractivity contribution in [3.05, 3.63) is 35.6 Å². The quantitative estimate of drug-likeness (QED) is 0.692. The van der Waals surface area contributed by atoms with Crippen LogP contribution in [-0.4, -0.2) is 26.8 Å². The van der Waals surface area contributed by atoms with Gasteiger partial charge in [0.1, 0.15) is 5.82 Å². The molecule has 0 bridgehead atoms. The summed E-state index contributed by atoms with van der Waals surface area (Å²) in [5.41, 5.74) is 0.900. The molecule has 108 valence electrons. The fourth-order valence-electron chi connectivity index (χ4n) is 2.51. The van der Waals surface area contributed by atoms with Gasteiger partial charge in [0.15, 0.2) is 0 Å². The van der Waals surface area contributed by atoms with Gasteiger partial charge in [0.25, 0.3) is 0 Å². The molecule has 1 aromatic carbocycles. The molecule has 1 unspecified atom stereocenters. The molecule has 0 saturated heterocycles. The summed E-state index contributed by atoms with van der Waals surface area (Å²) < 4.78 is 18.8. The van der Waals surface area contributed by atoms with Crippen LogP contribution in [0, 0.1) is 11.2 Å². The Kier molecular flexibility index (Phi) is 7.03. The maximum absolute atomic E-state index is 13.8. The molecule has 1 rings (SSSR count). The maximum atomic E-state index is 13.8. The molecular formula is C16H26FNO. The number of hydrogen-bond donors (Lipinski definition) is 1. The Balaban J connectivity index is 2.62. The summed E-state index contributed by atoms with van der Waals surface area (Å²) in [5, 5.41) is 3.40. The standard InChI is InChI=1S/C16H26FNO/c1-4-9-16(2,13-18-10-11-19-3)12-14-7-5-6-8-15(14)17/h5-8,18H,4,9-13H2,1-3H3. The lowest BCUT2D eigenvalue weighted by atomic mass is 9.79. The molecule has 0 aliphatic carbocycles. The van der Waals surface area contributed by atoms with E-state index in [4.69, 9.17) is 4.74 Å². The van der Waals surface area contributed by atoms with Crippen LogP contribution in [0.2, 0.25) is 0 Å². The van der Waals surface area contributed by atoms with E-state index in [9.17, 15) is 4.39 Å². The molecule has 1 N–H and O–H groups in total. The normalized spacial score (nSPS) is 14.3. The Hall–Kier alpha value is -0.930. The van der Waals surface area contributed by atoms with Crippen LogP contribution < -0.4 is 5.32 Å². The minimum atomic E-state index is -0.0956. The van der Waals surface area contributed by atoms with Gasteiger partial charge in [-0.15, -0.1) is 0 Å². The Bertz CT molecular complexity index is 370. The maximum Gasteiger partial charge on any atom is 0.126 e. The SMILES string of the molecule is CCCC(C)(CNCCOC)Cc1ccccc1F. The second-order valence-corrected chi connectivity index (χ2v) is 5.50. The number of nitrogens with one attached hydrogen (secondary N) is 1. The predicted molar refractivity (Wildman–Crippen MR) is 77.9 cm³/mol. The number of halogens is 1. The van der Waals surface area contributed by atoms with Crippen molar-refractivity contribution in [3.8, 4) is 0 Å². The van der Waals surface area contributed by atoms with E-state index >= 15 is 0 Å². The molecule has 0 fully saturated rings. The van der Waals surface area contributed by atoms with Crippen molar-refractivity contribution >= 4 is 0 Å². The lowest BCUT2D eigenvalue weighted by Crippen LogP contribution is -2.35. The zero-order valence-electron chi connectivity index (χ0n) is 12.3. The van der Waals surface area contributed by atoms with E-state index in [1.54, 1.807) is 19.2 Å². The summed E-state index contributed by atoms with van der Waals surface area (Å²) in [7, 11) is 1.70. The molecule has 2 nitrogen and oxygen atoms in total. The summed E-state index contributed by atoms with van der Waals surface area (Å²) in [6.07, 6.45) is 2.96. The van der Waals surface area contributed by atoms with E-state index < -0.39 is 0 Å². The molecule has 0 saturated carbocycles. The number of ether oxygens (including phenoxy) is 1. The van der Waals surface area contributed by atoms with Crippen molar-refractivity contribution in [2.45, 2.75) is 33.1 Å². The van der Waals surface area contributed by atoms with Crippen molar-refractivity contribution in [2.24, 2.45) is 5.41 Å². The van der Waals surface area contributed by atoms with Crippen LogP contribution in [0.1, 0.15) is 32.3 Å². The first-order valence-corrected chi connectivity index (χ1v) is 7.04. The summed E-state index contributed by atoms with van der Waals surface area (Å²) in [5.74, 6) is -0.0956. The lowest BCUT2D eigenvalue weighted by molar-refractivity contribution is 0.189. The third kappa shape index (κ3) is 5.70. The third-order valence-electron chi connectivity index (χ3n) is 3.46. The van der Waals surface area contributed by atoms with Crippen LogP contribution in [0.4, 0.5) is 4.39 Å². The van der Waals surface area contributed by atoms with Crippen molar-refractivity contribution in [1.29, 1.82) is 0 Å². The second-order valence-electron chi connectivity index (χ2n) is 5.50. The van der Waals surface area contributed by atoms with Crippen LogP contribution in [0.25, 0.3) is 0 Å². The number of benzene rings is 1. The Labute approximate surface area is 116 Å². The highest BCUT2D eigenvalue weighted by atomic mass is 19.1. The molecule has 0 aliphatic heterocycles. The highest BCUT2D eigenvalue weighted by Gasteiger charge is 2.24. The third-order valence-corrected chi connectivity index (χ3v) is 3.46. The summed E-state index contributed by atoms with van der Waals surface area (Å²) >= 11 is 0. The van der Waals surface area contributed by atoms with Crippen LogP contribution in [-0.2, 0) is 11.2 Å². The number of methoxy groups -OCH3 is 1. The van der Waals surface area contributed by atoms with Crippen LogP contribution in [0.5, 0.6) is 0 Å². The van der Waals surface area contributed by atoms with Gasteiger partial charge in [0.05, 0.1) is 6.61 Å². The average molecular weight is 267 g/mol. The van der Waals surface area contributed by atoms with E-state index in [-0.39, 0.29) is 11.2 Å². The molecule has 3 heteroatoms. The Morgan fingerprint density at radius 2 is 2.05 bits per heavy atom. The molecule has 0 amide bonds. The summed E-state index contributed by atoms with van der Waals surface area (Å²) in [6.45, 7) is 6.84. The molecular weight excluding hydrogens is 241 g/mol. The smallest absolute Gasteiger partial charge is 0.126 e. The minimum Gasteiger partial charge on any atom is -0.383 e. The van der Waals surface area contributed by atoms with Crippen molar-refractivity contribution in [3.63, 3.8) is 0 Å². The zero-order valence-corrected chi connectivity index (χ0v) is 12.3. The van der Waals surface area contributed by atoms with Gasteiger partial charge in [0, 0.05) is 20.2 Å². The van der Waals surface area contributed by atoms with Crippen molar-refractivity contribution in [1.82, 2.24) is 5.32 Å². The van der Waals surface area contributed by atoms with Crippen LogP contribution in [0.15, 0.2) is 24.3 Å². The highest BCUT2D eigenvalue weighted by Crippen LogP contribution is 2.28. The molecule has 0 spiro atoms. The molecule has 0 radical (unpaired) electrons. The van der Waals surface area contributed by atoms with E-state index in [1.165, 1.54) is 0 Å². The molecule has 0 aromatic heterocycles. The second kappa shape index (κ2) is 8.28. The fraction of sp³-hybridized carbons (Fsp3) is 0.625. The molecule has 0 aliphatic rings. The van der Waals surface area contributed by atoms with E-state index in [1.807, 2.05) is 12.1 Å². The molecule has 0 heterocycles. The number of rotatable bonds is 9. The van der Waals surface area contributed by atoms with E-state index in [0.29, 0.717) is 6.61 Å². The van der Waals surface area contributed by atoms with Gasteiger partial charge < -0.3 is 10.1 Å². The van der Waals surface area contributed by atoms with Gasteiger partial charge in [-0.25, -0.2) is 4.39 Å². The van der Waals surface area contributed by atoms with Gasteiger partial charge in [0.2, 0.25) is 0 Å². The minimum absolute atomic E-state index is 0.0880. The predicted octanol–water partition coefficient (Wildman–Crippen LogP) is 3.41. The largest absolute Gasteiger partial charge is 0.383 e. The van der Waals surface area contributed by atoms with E-state index in [2.05, 4.69) is 19.2 Å². The van der Waals surface area contributed by atoms with Crippen LogP contribution in [0.3, 0.4) is 0 Å². The topological polar surface area (TPSA) is 21.3 Å². The Morgan fingerprint density at radius 3 is 2.68 bits per heavy atom. The lowest BCUT2D eigenvalue weighted by Gasteiger charge is -2.30. The first-order chi connectivity index (χ1) is 9.11. The zero-order chi connectivity index (χ0) is 14.1. The first kappa shape index (κ1) is 16.1. The monoisotopic (exact) mass is 267 g/mol.